The van der Waals surface area contributed by atoms with E-state index in [0.717, 1.165) is 12.8 Å². The maximum Gasteiger partial charge on any atom is 0.223 e. The first kappa shape index (κ1) is 12.9. The van der Waals surface area contributed by atoms with Gasteiger partial charge in [-0.15, -0.1) is 0 Å². The number of carbonyl (C=O) groups excluding carboxylic acids is 1. The van der Waals surface area contributed by atoms with E-state index in [1.165, 1.54) is 6.42 Å². The first-order valence-electron chi connectivity index (χ1n) is 5.34. The van der Waals surface area contributed by atoms with Crippen molar-refractivity contribution in [3.05, 3.63) is 24.9 Å². The van der Waals surface area contributed by atoms with Gasteiger partial charge in [-0.05, 0) is 25.3 Å². The molecule has 0 heterocycles. The molecule has 80 valence electrons. The Hall–Kier alpha value is -1.05. The molecule has 1 aliphatic rings. The Morgan fingerprint density at radius 1 is 1.43 bits per heavy atom. The van der Waals surface area contributed by atoms with Gasteiger partial charge in [-0.3, -0.25) is 4.79 Å². The lowest BCUT2D eigenvalue weighted by atomic mass is 9.92. The van der Waals surface area contributed by atoms with Crippen LogP contribution in [0.15, 0.2) is 24.9 Å². The smallest absolute Gasteiger partial charge is 0.223 e. The van der Waals surface area contributed by atoms with Gasteiger partial charge in [0.1, 0.15) is 0 Å². The minimum Gasteiger partial charge on any atom is -0.316 e. The molecule has 2 heteroatoms. The van der Waals surface area contributed by atoms with Gasteiger partial charge in [0.15, 0.2) is 0 Å². The summed E-state index contributed by atoms with van der Waals surface area (Å²) in [5, 5.41) is 0. The number of nitrogens with zero attached hydrogens (tertiary/aromatic N) is 1. The molecule has 1 aliphatic carbocycles. The molecule has 0 bridgehead atoms. The van der Waals surface area contributed by atoms with Crippen LogP contribution in [-0.2, 0) is 4.79 Å². The number of hydrogen-bond donors (Lipinski definition) is 0. The molecule has 1 amide bonds. The van der Waals surface area contributed by atoms with Crippen molar-refractivity contribution < 1.29 is 4.79 Å². The Kier molecular flexibility index (Phi) is 6.81. The molecule has 0 aromatic carbocycles. The van der Waals surface area contributed by atoms with Crippen LogP contribution >= 0.6 is 0 Å². The van der Waals surface area contributed by atoms with Crippen molar-refractivity contribution in [1.29, 1.82) is 0 Å². The molecule has 0 atom stereocenters. The summed E-state index contributed by atoms with van der Waals surface area (Å²) < 4.78 is 0. The topological polar surface area (TPSA) is 20.3 Å². The van der Waals surface area contributed by atoms with Crippen LogP contribution in [0.2, 0.25) is 0 Å². The third-order valence-corrected chi connectivity index (χ3v) is 2.21. The van der Waals surface area contributed by atoms with Crippen LogP contribution in [0.25, 0.3) is 0 Å². The second-order valence-electron chi connectivity index (χ2n) is 3.09. The first-order valence-corrected chi connectivity index (χ1v) is 5.34. The van der Waals surface area contributed by atoms with Gasteiger partial charge < -0.3 is 4.90 Å². The van der Waals surface area contributed by atoms with Crippen LogP contribution in [-0.4, -0.2) is 16.8 Å². The van der Waals surface area contributed by atoms with E-state index in [1.807, 2.05) is 20.0 Å². The summed E-state index contributed by atoms with van der Waals surface area (Å²) in [4.78, 5) is 12.9. The molecule has 0 spiro atoms. The molecule has 0 aliphatic heterocycles. The molecule has 1 rings (SSSR count). The van der Waals surface area contributed by atoms with Gasteiger partial charge in [-0.1, -0.05) is 26.5 Å². The highest BCUT2D eigenvalue weighted by Crippen LogP contribution is 2.24. The van der Waals surface area contributed by atoms with Crippen molar-refractivity contribution in [3.8, 4) is 0 Å². The lowest BCUT2D eigenvalue weighted by Gasteiger charge is -2.34. The summed E-state index contributed by atoms with van der Waals surface area (Å²) in [7, 11) is 0. The van der Waals surface area contributed by atoms with Crippen LogP contribution in [0.3, 0.4) is 0 Å². The number of rotatable bonds is 3. The molecule has 2 nitrogen and oxygen atoms in total. The zero-order valence-electron chi connectivity index (χ0n) is 9.49. The van der Waals surface area contributed by atoms with E-state index < -0.39 is 0 Å². The average molecular weight is 195 g/mol. The molecule has 0 aromatic heterocycles. The van der Waals surface area contributed by atoms with E-state index in [9.17, 15) is 4.79 Å². The molecule has 1 saturated carbocycles. The van der Waals surface area contributed by atoms with Gasteiger partial charge in [-0.2, -0.15) is 0 Å². The fourth-order valence-corrected chi connectivity index (χ4v) is 1.30. The van der Waals surface area contributed by atoms with Crippen LogP contribution in [0, 0.1) is 0 Å². The number of carbonyl (C=O) groups is 1. The van der Waals surface area contributed by atoms with Crippen molar-refractivity contribution in [2.75, 3.05) is 0 Å². The highest BCUT2D eigenvalue weighted by Gasteiger charge is 2.24. The molecular formula is C12H21NO. The summed E-state index contributed by atoms with van der Waals surface area (Å²) in [6, 6.07) is 0.443. The Morgan fingerprint density at radius 2 is 2.00 bits per heavy atom. The van der Waals surface area contributed by atoms with Crippen molar-refractivity contribution >= 4 is 5.91 Å². The predicted octanol–water partition coefficient (Wildman–Crippen LogP) is 3.11. The highest BCUT2D eigenvalue weighted by molar-refractivity contribution is 5.74. The van der Waals surface area contributed by atoms with Crippen LogP contribution in [0.4, 0.5) is 0 Å². The number of hydrogen-bond acceptors (Lipinski definition) is 1. The maximum absolute atomic E-state index is 11.1. The zero-order chi connectivity index (χ0) is 11.0. The summed E-state index contributed by atoms with van der Waals surface area (Å²) in [6.45, 7) is 9.17. The molecule has 0 unspecified atom stereocenters. The average Bonchev–Trinajstić information content (AvgIpc) is 2.12. The summed E-state index contributed by atoms with van der Waals surface area (Å²) in [6.07, 6.45) is 8.84. The minimum atomic E-state index is 0.123. The lowest BCUT2D eigenvalue weighted by Crippen LogP contribution is -2.39. The van der Waals surface area contributed by atoms with Gasteiger partial charge >= 0.3 is 0 Å². The molecule has 1 fully saturated rings. The predicted molar refractivity (Wildman–Crippen MR) is 60.8 cm³/mol. The Labute approximate surface area is 87.3 Å². The summed E-state index contributed by atoms with van der Waals surface area (Å²) in [5.41, 5.74) is 0. The Morgan fingerprint density at radius 3 is 2.29 bits per heavy atom. The fraction of sp³-hybridized carbons (Fsp3) is 0.583. The van der Waals surface area contributed by atoms with Crippen LogP contribution < -0.4 is 0 Å². The summed E-state index contributed by atoms with van der Waals surface area (Å²) >= 11 is 0. The third-order valence-electron chi connectivity index (χ3n) is 2.21. The number of amides is 1. The van der Waals surface area contributed by atoms with Crippen LogP contribution in [0.1, 0.15) is 40.0 Å². The van der Waals surface area contributed by atoms with Gasteiger partial charge in [-0.25, -0.2) is 0 Å². The fourth-order valence-electron chi connectivity index (χ4n) is 1.30. The normalized spacial score (nSPS) is 15.4. The van der Waals surface area contributed by atoms with Crippen molar-refractivity contribution in [2.24, 2.45) is 0 Å². The minimum absolute atomic E-state index is 0.123. The standard InChI is InChI=1S/C10H15NO.C2H6/c1-3-4-8-11(9(2)12)10-6-5-7-10;1-2/h3-4,8,10H,1,5-7H2,2H3;1-2H3/b8-4-;. The van der Waals surface area contributed by atoms with E-state index in [-0.39, 0.29) is 5.91 Å². The van der Waals surface area contributed by atoms with E-state index >= 15 is 0 Å². The molecular weight excluding hydrogens is 174 g/mol. The van der Waals surface area contributed by atoms with E-state index in [1.54, 1.807) is 24.0 Å². The van der Waals surface area contributed by atoms with Gasteiger partial charge in [0.2, 0.25) is 5.91 Å². The maximum atomic E-state index is 11.1. The van der Waals surface area contributed by atoms with Gasteiger partial charge in [0.25, 0.3) is 0 Å². The molecule has 0 saturated heterocycles. The first-order chi connectivity index (χ1) is 6.75. The second kappa shape index (κ2) is 7.36. The molecule has 0 radical (unpaired) electrons. The van der Waals surface area contributed by atoms with Gasteiger partial charge in [0.05, 0.1) is 0 Å². The molecule has 0 N–H and O–H groups in total. The van der Waals surface area contributed by atoms with Gasteiger partial charge in [0, 0.05) is 19.2 Å². The molecule has 14 heavy (non-hydrogen) atoms. The number of allylic oxidation sites excluding steroid dienone is 2. The summed E-state index contributed by atoms with van der Waals surface area (Å²) in [5.74, 6) is 0.123. The molecule has 0 aromatic rings. The largest absolute Gasteiger partial charge is 0.316 e. The van der Waals surface area contributed by atoms with Crippen molar-refractivity contribution in [3.63, 3.8) is 0 Å². The SMILES string of the molecule is C=C/C=C\N(C(C)=O)C1CCC1.CC. The Bertz CT molecular complexity index is 204. The van der Waals surface area contributed by atoms with E-state index in [2.05, 4.69) is 6.58 Å². The monoisotopic (exact) mass is 195 g/mol. The van der Waals surface area contributed by atoms with E-state index in [0.29, 0.717) is 6.04 Å². The third kappa shape index (κ3) is 3.77. The quantitative estimate of drug-likeness (QED) is 0.634. The van der Waals surface area contributed by atoms with Crippen molar-refractivity contribution in [2.45, 2.75) is 46.1 Å². The Balaban J connectivity index is 0.000000791. The van der Waals surface area contributed by atoms with Crippen LogP contribution in [0.5, 0.6) is 0 Å². The van der Waals surface area contributed by atoms with E-state index in [4.69, 9.17) is 0 Å². The van der Waals surface area contributed by atoms with Crippen molar-refractivity contribution in [1.82, 2.24) is 4.90 Å². The zero-order valence-corrected chi connectivity index (χ0v) is 9.49. The highest BCUT2D eigenvalue weighted by atomic mass is 16.2. The second-order valence-corrected chi connectivity index (χ2v) is 3.09. The lowest BCUT2D eigenvalue weighted by molar-refractivity contribution is -0.129.